The summed E-state index contributed by atoms with van der Waals surface area (Å²) < 4.78 is 0. The van der Waals surface area contributed by atoms with Crippen LogP contribution in [-0.4, -0.2) is 80.4 Å². The fourth-order valence-electron chi connectivity index (χ4n) is 6.90. The molecule has 30 heavy (non-hydrogen) atoms. The Hall–Kier alpha value is -0.730. The first kappa shape index (κ1) is 21.1. The minimum atomic E-state index is 0.0318. The molecule has 1 amide bonds. The van der Waals surface area contributed by atoms with Crippen molar-refractivity contribution >= 4 is 5.91 Å². The van der Waals surface area contributed by atoms with Gasteiger partial charge in [0.05, 0.1) is 12.2 Å². The molecule has 5 aliphatic rings. The number of nitrogens with one attached hydrogen (secondary N) is 5. The van der Waals surface area contributed by atoms with E-state index in [0.29, 0.717) is 42.0 Å². The summed E-state index contributed by atoms with van der Waals surface area (Å²) in [5.74, 6) is 2.31. The van der Waals surface area contributed by atoms with E-state index in [2.05, 4.69) is 38.4 Å². The number of carbonyl (C=O) groups is 1. The van der Waals surface area contributed by atoms with Gasteiger partial charge in [-0.05, 0) is 56.3 Å². The minimum absolute atomic E-state index is 0.0318. The second-order valence-corrected chi connectivity index (χ2v) is 10.7. The molecular formula is C23H42N6O. The molecule has 0 aromatic heterocycles. The zero-order valence-corrected chi connectivity index (χ0v) is 18.7. The van der Waals surface area contributed by atoms with Crippen LogP contribution < -0.4 is 26.6 Å². The molecule has 5 rings (SSSR count). The molecule has 0 radical (unpaired) electrons. The third-order valence-electron chi connectivity index (χ3n) is 8.62. The average Bonchev–Trinajstić information content (AvgIpc) is 3.21. The van der Waals surface area contributed by atoms with Crippen molar-refractivity contribution in [2.24, 2.45) is 17.8 Å². The molecular weight excluding hydrogens is 376 g/mol. The van der Waals surface area contributed by atoms with Gasteiger partial charge in [0, 0.05) is 57.4 Å². The lowest BCUT2D eigenvalue weighted by Gasteiger charge is -2.45. The highest BCUT2D eigenvalue weighted by Gasteiger charge is 2.42. The molecule has 2 saturated carbocycles. The average molecular weight is 419 g/mol. The van der Waals surface area contributed by atoms with Gasteiger partial charge in [0.2, 0.25) is 5.91 Å². The molecule has 3 saturated heterocycles. The quantitative estimate of drug-likeness (QED) is 0.450. The highest BCUT2D eigenvalue weighted by atomic mass is 16.2. The van der Waals surface area contributed by atoms with Crippen LogP contribution in [0.5, 0.6) is 0 Å². The van der Waals surface area contributed by atoms with E-state index >= 15 is 0 Å². The molecule has 8 unspecified atom stereocenters. The number of piperazine rings is 1. The van der Waals surface area contributed by atoms with Gasteiger partial charge in [-0.2, -0.15) is 0 Å². The Morgan fingerprint density at radius 1 is 1.03 bits per heavy atom. The van der Waals surface area contributed by atoms with Gasteiger partial charge in [0.25, 0.3) is 0 Å². The van der Waals surface area contributed by atoms with E-state index in [0.717, 1.165) is 58.5 Å². The van der Waals surface area contributed by atoms with E-state index in [4.69, 9.17) is 0 Å². The van der Waals surface area contributed by atoms with Crippen molar-refractivity contribution in [3.8, 4) is 0 Å². The highest BCUT2D eigenvalue weighted by Crippen LogP contribution is 2.37. The van der Waals surface area contributed by atoms with Crippen molar-refractivity contribution in [1.29, 1.82) is 0 Å². The zero-order chi connectivity index (χ0) is 20.5. The maximum absolute atomic E-state index is 13.0. The van der Waals surface area contributed by atoms with E-state index < -0.39 is 0 Å². The van der Waals surface area contributed by atoms with Gasteiger partial charge in [0.1, 0.15) is 0 Å². The van der Waals surface area contributed by atoms with Crippen LogP contribution in [0.25, 0.3) is 0 Å². The number of hydrogen-bond acceptors (Lipinski definition) is 6. The Balaban J connectivity index is 1.07. The van der Waals surface area contributed by atoms with Crippen LogP contribution in [-0.2, 0) is 4.79 Å². The fraction of sp³-hybridized carbons (Fsp3) is 0.957. The van der Waals surface area contributed by atoms with Gasteiger partial charge in [-0.1, -0.05) is 13.3 Å². The van der Waals surface area contributed by atoms with Crippen LogP contribution in [0.3, 0.4) is 0 Å². The van der Waals surface area contributed by atoms with Gasteiger partial charge in [-0.3, -0.25) is 15.0 Å². The molecule has 3 aliphatic heterocycles. The first-order valence-electron chi connectivity index (χ1n) is 12.6. The standard InChI is InChI=1S/C23H42N6O/c1-15-3-2-4-16-12-20(28-22(15)16)23(30)26-18-5-6-19-17(11-18)13-25-21(27-19)14-29-9-7-24-8-10-29/h15-22,24-25,27-28H,2-14H2,1H3,(H,26,30). The van der Waals surface area contributed by atoms with Crippen molar-refractivity contribution in [2.45, 2.75) is 82.2 Å². The molecule has 170 valence electrons. The number of hydrogen-bond donors (Lipinski definition) is 5. The molecule has 8 atom stereocenters. The SMILES string of the molecule is CC1CCCC2CC(C(=O)NC3CCC4NC(CN5CCNCC5)NCC4C3)NC12. The van der Waals surface area contributed by atoms with Crippen LogP contribution in [0.2, 0.25) is 0 Å². The number of fused-ring (bicyclic) bond motifs is 2. The first-order chi connectivity index (χ1) is 14.7. The lowest BCUT2D eigenvalue weighted by atomic mass is 9.78. The Kier molecular flexibility index (Phi) is 6.63. The summed E-state index contributed by atoms with van der Waals surface area (Å²) in [6, 6.07) is 1.53. The van der Waals surface area contributed by atoms with Crippen LogP contribution in [0, 0.1) is 17.8 Å². The maximum atomic E-state index is 13.0. The predicted molar refractivity (Wildman–Crippen MR) is 119 cm³/mol. The number of nitrogens with zero attached hydrogens (tertiary/aromatic N) is 1. The van der Waals surface area contributed by atoms with Crippen molar-refractivity contribution in [1.82, 2.24) is 31.5 Å². The monoisotopic (exact) mass is 418 g/mol. The minimum Gasteiger partial charge on any atom is -0.352 e. The van der Waals surface area contributed by atoms with E-state index in [-0.39, 0.29) is 11.9 Å². The highest BCUT2D eigenvalue weighted by molar-refractivity contribution is 5.82. The number of carbonyl (C=O) groups excluding carboxylic acids is 1. The second-order valence-electron chi connectivity index (χ2n) is 10.7. The third kappa shape index (κ3) is 4.70. The molecule has 2 aliphatic carbocycles. The van der Waals surface area contributed by atoms with E-state index in [9.17, 15) is 4.79 Å². The van der Waals surface area contributed by atoms with Gasteiger partial charge < -0.3 is 21.3 Å². The lowest BCUT2D eigenvalue weighted by Crippen LogP contribution is -2.65. The normalized spacial score (nSPS) is 44.8. The van der Waals surface area contributed by atoms with Crippen molar-refractivity contribution in [3.05, 3.63) is 0 Å². The summed E-state index contributed by atoms with van der Waals surface area (Å²) in [5, 5.41) is 18.1. The Morgan fingerprint density at radius 3 is 2.73 bits per heavy atom. The molecule has 0 aromatic carbocycles. The summed E-state index contributed by atoms with van der Waals surface area (Å²) >= 11 is 0. The van der Waals surface area contributed by atoms with Crippen LogP contribution in [0.4, 0.5) is 0 Å². The molecule has 7 heteroatoms. The summed E-state index contributed by atoms with van der Waals surface area (Å²) in [6.45, 7) is 9.04. The van der Waals surface area contributed by atoms with Crippen LogP contribution in [0.1, 0.15) is 51.9 Å². The smallest absolute Gasteiger partial charge is 0.237 e. The summed E-state index contributed by atoms with van der Waals surface area (Å²) in [5.41, 5.74) is 0. The Morgan fingerprint density at radius 2 is 1.90 bits per heavy atom. The van der Waals surface area contributed by atoms with E-state index in [1.54, 1.807) is 0 Å². The predicted octanol–water partition coefficient (Wildman–Crippen LogP) is 0.231. The zero-order valence-electron chi connectivity index (χ0n) is 18.7. The van der Waals surface area contributed by atoms with Crippen LogP contribution in [0.15, 0.2) is 0 Å². The summed E-state index contributed by atoms with van der Waals surface area (Å²) in [4.78, 5) is 15.5. The molecule has 3 heterocycles. The van der Waals surface area contributed by atoms with Crippen LogP contribution >= 0.6 is 0 Å². The molecule has 0 aromatic rings. The van der Waals surface area contributed by atoms with Crippen molar-refractivity contribution in [2.75, 3.05) is 39.3 Å². The van der Waals surface area contributed by atoms with E-state index in [1.807, 2.05) is 0 Å². The van der Waals surface area contributed by atoms with Crippen molar-refractivity contribution < 1.29 is 4.79 Å². The van der Waals surface area contributed by atoms with Gasteiger partial charge in [-0.15, -0.1) is 0 Å². The van der Waals surface area contributed by atoms with Gasteiger partial charge in [-0.25, -0.2) is 0 Å². The topological polar surface area (TPSA) is 80.5 Å². The third-order valence-corrected chi connectivity index (χ3v) is 8.62. The number of rotatable bonds is 4. The molecule has 0 bridgehead atoms. The molecule has 7 nitrogen and oxygen atoms in total. The summed E-state index contributed by atoms with van der Waals surface area (Å²) in [6.07, 6.45) is 8.77. The van der Waals surface area contributed by atoms with Gasteiger partial charge in [0.15, 0.2) is 0 Å². The number of amides is 1. The van der Waals surface area contributed by atoms with Crippen molar-refractivity contribution in [3.63, 3.8) is 0 Å². The lowest BCUT2D eigenvalue weighted by molar-refractivity contribution is -0.124. The first-order valence-corrected chi connectivity index (χ1v) is 12.6. The second kappa shape index (κ2) is 9.41. The van der Waals surface area contributed by atoms with Gasteiger partial charge >= 0.3 is 0 Å². The largest absolute Gasteiger partial charge is 0.352 e. The fourth-order valence-corrected chi connectivity index (χ4v) is 6.90. The molecule has 5 fully saturated rings. The van der Waals surface area contributed by atoms with E-state index in [1.165, 1.54) is 25.7 Å². The Bertz CT molecular complexity index is 596. The molecule has 5 N–H and O–H groups in total. The maximum Gasteiger partial charge on any atom is 0.237 e. The summed E-state index contributed by atoms with van der Waals surface area (Å²) in [7, 11) is 0. The molecule has 0 spiro atoms. The Labute approximate surface area is 181 Å².